The minimum Gasteiger partial charge on any atom is -0.483 e. The fourth-order valence-corrected chi connectivity index (χ4v) is 2.58. The molecule has 0 spiro atoms. The molecule has 0 saturated carbocycles. The number of carbonyl (C=O) groups excluding carboxylic acids is 4. The number of methoxy groups -OCH3 is 1. The number of imide groups is 1. The first-order valence-electron chi connectivity index (χ1n) is 8.40. The molecular formula is C19H17N3O7. The van der Waals surface area contributed by atoms with Crippen LogP contribution in [0.25, 0.3) is 6.08 Å². The van der Waals surface area contributed by atoms with Gasteiger partial charge in [-0.05, 0) is 24.3 Å². The van der Waals surface area contributed by atoms with Crippen LogP contribution in [0.1, 0.15) is 21.9 Å². The summed E-state index contributed by atoms with van der Waals surface area (Å²) in [6.45, 7) is -0.494. The average Bonchev–Trinajstić information content (AvgIpc) is 3.27. The molecule has 3 N–H and O–H groups in total. The molecule has 0 aliphatic carbocycles. The van der Waals surface area contributed by atoms with Crippen molar-refractivity contribution in [2.45, 2.75) is 6.54 Å². The van der Waals surface area contributed by atoms with Crippen molar-refractivity contribution in [1.29, 1.82) is 0 Å². The number of nitrogens with one attached hydrogen (secondary N) is 1. The van der Waals surface area contributed by atoms with Crippen molar-refractivity contribution in [3.63, 3.8) is 0 Å². The molecule has 0 radical (unpaired) electrons. The van der Waals surface area contributed by atoms with E-state index in [-0.39, 0.29) is 30.4 Å². The topological polar surface area (TPSA) is 141 Å². The lowest BCUT2D eigenvalue weighted by Crippen LogP contribution is -2.30. The lowest BCUT2D eigenvalue weighted by atomic mass is 10.1. The van der Waals surface area contributed by atoms with Gasteiger partial charge in [0.2, 0.25) is 5.76 Å². The third-order valence-corrected chi connectivity index (χ3v) is 3.91. The highest BCUT2D eigenvalue weighted by Crippen LogP contribution is 2.23. The van der Waals surface area contributed by atoms with Crippen molar-refractivity contribution in [1.82, 2.24) is 10.2 Å². The smallest absolute Gasteiger partial charge is 0.373 e. The van der Waals surface area contributed by atoms with Crippen LogP contribution in [-0.2, 0) is 20.9 Å². The first kappa shape index (κ1) is 19.7. The second-order valence-corrected chi connectivity index (χ2v) is 5.93. The van der Waals surface area contributed by atoms with Crippen LogP contribution in [0.5, 0.6) is 5.75 Å². The van der Waals surface area contributed by atoms with Gasteiger partial charge in [-0.2, -0.15) is 0 Å². The van der Waals surface area contributed by atoms with Crippen molar-refractivity contribution >= 4 is 29.9 Å². The number of para-hydroxylation sites is 1. The minimum atomic E-state index is -0.665. The van der Waals surface area contributed by atoms with Gasteiger partial charge < -0.3 is 24.9 Å². The predicted molar refractivity (Wildman–Crippen MR) is 98.2 cm³/mol. The molecule has 2 heterocycles. The molecule has 1 fully saturated rings. The molecule has 150 valence electrons. The lowest BCUT2D eigenvalue weighted by molar-refractivity contribution is -0.123. The second kappa shape index (κ2) is 8.30. The number of amides is 4. The van der Waals surface area contributed by atoms with Crippen LogP contribution in [0.4, 0.5) is 4.79 Å². The third-order valence-electron chi connectivity index (χ3n) is 3.91. The van der Waals surface area contributed by atoms with Gasteiger partial charge in [-0.25, -0.2) is 9.59 Å². The van der Waals surface area contributed by atoms with Gasteiger partial charge in [0.25, 0.3) is 11.8 Å². The van der Waals surface area contributed by atoms with Gasteiger partial charge >= 0.3 is 12.0 Å². The zero-order valence-corrected chi connectivity index (χ0v) is 15.3. The Bertz CT molecular complexity index is 1010. The van der Waals surface area contributed by atoms with E-state index in [1.807, 2.05) is 0 Å². The quantitative estimate of drug-likeness (QED) is 0.402. The zero-order chi connectivity index (χ0) is 21.0. The van der Waals surface area contributed by atoms with Crippen LogP contribution in [0.15, 0.2) is 46.5 Å². The number of hydrogen-bond donors (Lipinski definition) is 2. The Labute approximate surface area is 164 Å². The van der Waals surface area contributed by atoms with E-state index >= 15 is 0 Å². The van der Waals surface area contributed by atoms with Gasteiger partial charge in [0.05, 0.1) is 13.7 Å². The number of furan rings is 1. The summed E-state index contributed by atoms with van der Waals surface area (Å²) >= 11 is 0. The normalized spacial score (nSPS) is 14.8. The summed E-state index contributed by atoms with van der Waals surface area (Å²) in [4.78, 5) is 48.1. The Morgan fingerprint density at radius 1 is 1.21 bits per heavy atom. The number of hydrogen-bond acceptors (Lipinski definition) is 7. The SMILES string of the molecule is COC(=O)c1ccc(CN2C(=O)N/C(=C\c3ccccc3OCC(N)=O)C2=O)o1. The summed E-state index contributed by atoms with van der Waals surface area (Å²) in [7, 11) is 1.21. The van der Waals surface area contributed by atoms with Crippen LogP contribution in [0, 0.1) is 0 Å². The summed E-state index contributed by atoms with van der Waals surface area (Å²) in [6.07, 6.45) is 1.43. The number of nitrogens with zero attached hydrogens (tertiary/aromatic N) is 1. The van der Waals surface area contributed by atoms with Gasteiger partial charge in [0, 0.05) is 5.56 Å². The van der Waals surface area contributed by atoms with E-state index in [9.17, 15) is 19.2 Å². The molecule has 10 nitrogen and oxygen atoms in total. The van der Waals surface area contributed by atoms with Crippen LogP contribution < -0.4 is 15.8 Å². The Balaban J connectivity index is 1.78. The maximum atomic E-state index is 12.6. The summed E-state index contributed by atoms with van der Waals surface area (Å²) in [5, 5.41) is 2.47. The summed E-state index contributed by atoms with van der Waals surface area (Å²) < 4.78 is 15.2. The lowest BCUT2D eigenvalue weighted by Gasteiger charge is -2.09. The molecule has 3 rings (SSSR count). The van der Waals surface area contributed by atoms with Gasteiger partial charge in [-0.3, -0.25) is 14.5 Å². The zero-order valence-electron chi connectivity index (χ0n) is 15.3. The van der Waals surface area contributed by atoms with E-state index in [2.05, 4.69) is 10.1 Å². The Morgan fingerprint density at radius 2 is 1.97 bits per heavy atom. The Kier molecular flexibility index (Phi) is 5.63. The van der Waals surface area contributed by atoms with Crippen LogP contribution >= 0.6 is 0 Å². The molecule has 0 atom stereocenters. The highest BCUT2D eigenvalue weighted by atomic mass is 16.5. The molecule has 0 bridgehead atoms. The summed E-state index contributed by atoms with van der Waals surface area (Å²) in [6, 6.07) is 8.87. The number of esters is 1. The van der Waals surface area contributed by atoms with E-state index in [0.29, 0.717) is 11.3 Å². The first-order valence-corrected chi connectivity index (χ1v) is 8.40. The Morgan fingerprint density at radius 3 is 2.69 bits per heavy atom. The molecule has 1 aromatic carbocycles. The molecule has 1 saturated heterocycles. The summed E-state index contributed by atoms with van der Waals surface area (Å²) in [5.41, 5.74) is 5.58. The maximum Gasteiger partial charge on any atom is 0.373 e. The molecule has 10 heteroatoms. The molecule has 1 aliphatic heterocycles. The number of rotatable bonds is 7. The molecule has 4 amide bonds. The number of carbonyl (C=O) groups is 4. The number of urea groups is 1. The first-order chi connectivity index (χ1) is 13.9. The molecule has 2 aromatic rings. The van der Waals surface area contributed by atoms with Gasteiger partial charge in [-0.15, -0.1) is 0 Å². The fourth-order valence-electron chi connectivity index (χ4n) is 2.58. The highest BCUT2D eigenvalue weighted by Gasteiger charge is 2.34. The van der Waals surface area contributed by atoms with Crippen LogP contribution in [0.2, 0.25) is 0 Å². The fraction of sp³-hybridized carbons (Fsp3) is 0.158. The largest absolute Gasteiger partial charge is 0.483 e. The van der Waals surface area contributed by atoms with Crippen LogP contribution in [-0.4, -0.2) is 42.4 Å². The molecular weight excluding hydrogens is 382 g/mol. The van der Waals surface area contributed by atoms with Crippen LogP contribution in [0.3, 0.4) is 0 Å². The molecule has 1 aromatic heterocycles. The third kappa shape index (κ3) is 4.43. The number of benzene rings is 1. The average molecular weight is 399 g/mol. The number of ether oxygens (including phenoxy) is 2. The van der Waals surface area contributed by atoms with E-state index in [1.165, 1.54) is 25.3 Å². The highest BCUT2D eigenvalue weighted by molar-refractivity contribution is 6.14. The van der Waals surface area contributed by atoms with Crippen molar-refractivity contribution in [2.24, 2.45) is 5.73 Å². The molecule has 29 heavy (non-hydrogen) atoms. The standard InChI is InChI=1S/C19H17N3O7/c1-27-18(25)15-7-6-12(29-15)9-22-17(24)13(21-19(22)26)8-11-4-2-3-5-14(11)28-10-16(20)23/h2-8H,9-10H2,1H3,(H2,20,23)(H,21,26)/b13-8-. The van der Waals surface area contributed by atoms with Gasteiger partial charge in [-0.1, -0.05) is 18.2 Å². The number of primary amides is 1. The van der Waals surface area contributed by atoms with Gasteiger partial charge in [0.1, 0.15) is 17.2 Å². The number of nitrogens with two attached hydrogens (primary N) is 1. The molecule has 0 unspecified atom stereocenters. The van der Waals surface area contributed by atoms with Crippen molar-refractivity contribution in [3.05, 3.63) is 59.2 Å². The minimum absolute atomic E-state index is 0.0184. The van der Waals surface area contributed by atoms with E-state index in [1.54, 1.807) is 24.3 Å². The van der Waals surface area contributed by atoms with Crippen molar-refractivity contribution in [3.8, 4) is 5.75 Å². The predicted octanol–water partition coefficient (Wildman–Crippen LogP) is 1.02. The molecule has 1 aliphatic rings. The Hall–Kier alpha value is -4.08. The van der Waals surface area contributed by atoms with E-state index in [4.69, 9.17) is 14.9 Å². The van der Waals surface area contributed by atoms with Crippen molar-refractivity contribution in [2.75, 3.05) is 13.7 Å². The maximum absolute atomic E-state index is 12.6. The van der Waals surface area contributed by atoms with E-state index in [0.717, 1.165) is 4.90 Å². The van der Waals surface area contributed by atoms with Gasteiger partial charge in [0.15, 0.2) is 6.61 Å². The second-order valence-electron chi connectivity index (χ2n) is 5.93. The van der Waals surface area contributed by atoms with Crippen molar-refractivity contribution < 1.29 is 33.1 Å². The monoisotopic (exact) mass is 399 g/mol. The van der Waals surface area contributed by atoms with E-state index < -0.39 is 23.8 Å². The summed E-state index contributed by atoms with van der Waals surface area (Å²) in [5.74, 6) is -1.37.